The molecule has 0 radical (unpaired) electrons. The normalized spacial score (nSPS) is 14.4. The van der Waals surface area contributed by atoms with Crippen LogP contribution in [0.4, 0.5) is 0 Å². The van der Waals surface area contributed by atoms with Gasteiger partial charge < -0.3 is 5.11 Å². The molecule has 0 unspecified atom stereocenters. The van der Waals surface area contributed by atoms with Gasteiger partial charge in [0.1, 0.15) is 0 Å². The van der Waals surface area contributed by atoms with Crippen molar-refractivity contribution >= 4 is 22.6 Å². The maximum Gasteiger partial charge on any atom is 0.0762 e. The smallest absolute Gasteiger partial charge is 0.0762 e. The van der Waals surface area contributed by atoms with Gasteiger partial charge in [0.05, 0.1) is 6.10 Å². The zero-order valence-electron chi connectivity index (χ0n) is 8.25. The van der Waals surface area contributed by atoms with E-state index in [0.717, 1.165) is 12.8 Å². The van der Waals surface area contributed by atoms with Gasteiger partial charge in [0.25, 0.3) is 0 Å². The third kappa shape index (κ3) is 10.1. The molecule has 1 N–H and O–H groups in total. The number of aliphatic hydroxyl groups is 1. The molecule has 0 heterocycles. The number of halogens is 1. The molecule has 0 aliphatic rings. The third-order valence-electron chi connectivity index (χ3n) is 1.81. The van der Waals surface area contributed by atoms with Crippen molar-refractivity contribution in [2.75, 3.05) is 0 Å². The van der Waals surface area contributed by atoms with Gasteiger partial charge in [-0.25, -0.2) is 0 Å². The van der Waals surface area contributed by atoms with Gasteiger partial charge in [-0.05, 0) is 29.4 Å². The second kappa shape index (κ2) is 10.3. The minimum atomic E-state index is -0.306. The Morgan fingerprint density at radius 3 is 2.69 bits per heavy atom. The molecule has 13 heavy (non-hydrogen) atoms. The lowest BCUT2D eigenvalue weighted by atomic mass is 10.1. The van der Waals surface area contributed by atoms with E-state index in [2.05, 4.69) is 41.7 Å². The Labute approximate surface area is 95.1 Å². The highest BCUT2D eigenvalue weighted by molar-refractivity contribution is 14.1. The van der Waals surface area contributed by atoms with E-state index in [1.807, 2.05) is 4.08 Å². The quantitative estimate of drug-likeness (QED) is 0.430. The summed E-state index contributed by atoms with van der Waals surface area (Å²) in [6.07, 6.45) is 11.5. The lowest BCUT2D eigenvalue weighted by molar-refractivity contribution is 0.227. The Morgan fingerprint density at radius 2 is 2.08 bits per heavy atom. The van der Waals surface area contributed by atoms with E-state index in [4.69, 9.17) is 0 Å². The molecule has 0 bridgehead atoms. The molecule has 0 fully saturated rings. The van der Waals surface area contributed by atoms with E-state index in [0.29, 0.717) is 0 Å². The number of hydrogen-bond donors (Lipinski definition) is 1. The monoisotopic (exact) mass is 294 g/mol. The van der Waals surface area contributed by atoms with Gasteiger partial charge in [-0.1, -0.05) is 54.5 Å². The van der Waals surface area contributed by atoms with Crippen LogP contribution in [0, 0.1) is 0 Å². The SMILES string of the molecule is CCCCC/C=C\C[C@@H](O)/C=C/I. The van der Waals surface area contributed by atoms with E-state index in [1.54, 1.807) is 6.08 Å². The van der Waals surface area contributed by atoms with Crippen LogP contribution in [0.3, 0.4) is 0 Å². The first-order chi connectivity index (χ1) is 6.31. The second-order valence-electron chi connectivity index (χ2n) is 3.09. The molecule has 0 saturated carbocycles. The van der Waals surface area contributed by atoms with E-state index < -0.39 is 0 Å². The average Bonchev–Trinajstić information content (AvgIpc) is 2.11. The molecule has 0 amide bonds. The van der Waals surface area contributed by atoms with Gasteiger partial charge in [-0.15, -0.1) is 0 Å². The van der Waals surface area contributed by atoms with Gasteiger partial charge in [0, 0.05) is 0 Å². The first-order valence-electron chi connectivity index (χ1n) is 4.91. The summed E-state index contributed by atoms with van der Waals surface area (Å²) in [4.78, 5) is 0. The van der Waals surface area contributed by atoms with Crippen LogP contribution in [0.25, 0.3) is 0 Å². The number of hydrogen-bond acceptors (Lipinski definition) is 1. The summed E-state index contributed by atoms with van der Waals surface area (Å²) in [6, 6.07) is 0. The lowest BCUT2D eigenvalue weighted by Gasteiger charge is -1.98. The fraction of sp³-hybridized carbons (Fsp3) is 0.636. The van der Waals surface area contributed by atoms with Crippen molar-refractivity contribution in [3.8, 4) is 0 Å². The molecule has 2 heteroatoms. The van der Waals surface area contributed by atoms with Gasteiger partial charge in [-0.3, -0.25) is 0 Å². The number of allylic oxidation sites excluding steroid dienone is 1. The van der Waals surface area contributed by atoms with Crippen LogP contribution in [0.5, 0.6) is 0 Å². The van der Waals surface area contributed by atoms with E-state index in [9.17, 15) is 5.11 Å². The minimum absolute atomic E-state index is 0.306. The molecular weight excluding hydrogens is 275 g/mol. The molecule has 0 rings (SSSR count). The van der Waals surface area contributed by atoms with E-state index in [1.165, 1.54) is 19.3 Å². The highest BCUT2D eigenvalue weighted by Gasteiger charge is 1.92. The fourth-order valence-electron chi connectivity index (χ4n) is 1.03. The molecule has 0 spiro atoms. The molecule has 0 aromatic rings. The molecule has 76 valence electrons. The van der Waals surface area contributed by atoms with Crippen LogP contribution in [0.2, 0.25) is 0 Å². The van der Waals surface area contributed by atoms with Crippen molar-refractivity contribution in [3.63, 3.8) is 0 Å². The Morgan fingerprint density at radius 1 is 1.31 bits per heavy atom. The Hall–Kier alpha value is 0.170. The van der Waals surface area contributed by atoms with Gasteiger partial charge in [0.15, 0.2) is 0 Å². The summed E-state index contributed by atoms with van der Waals surface area (Å²) in [5.74, 6) is 0. The summed E-state index contributed by atoms with van der Waals surface area (Å²) in [5, 5.41) is 9.31. The van der Waals surface area contributed by atoms with E-state index >= 15 is 0 Å². The van der Waals surface area contributed by atoms with Gasteiger partial charge in [0.2, 0.25) is 0 Å². The molecule has 1 atom stereocenters. The molecule has 0 aromatic heterocycles. The average molecular weight is 294 g/mol. The largest absolute Gasteiger partial charge is 0.389 e. The fourth-order valence-corrected chi connectivity index (χ4v) is 1.51. The molecule has 0 aliphatic heterocycles. The predicted molar refractivity (Wildman–Crippen MR) is 67.1 cm³/mol. The van der Waals surface area contributed by atoms with Crippen molar-refractivity contribution in [2.45, 2.75) is 45.1 Å². The van der Waals surface area contributed by atoms with Crippen LogP contribution >= 0.6 is 22.6 Å². The van der Waals surface area contributed by atoms with Crippen molar-refractivity contribution in [3.05, 3.63) is 22.3 Å². The van der Waals surface area contributed by atoms with Crippen LogP contribution in [0.1, 0.15) is 39.0 Å². The third-order valence-corrected chi connectivity index (χ3v) is 2.23. The zero-order chi connectivity index (χ0) is 9.94. The Bertz CT molecular complexity index is 152. The summed E-state index contributed by atoms with van der Waals surface area (Å²) >= 11 is 2.12. The molecule has 1 nitrogen and oxygen atoms in total. The summed E-state index contributed by atoms with van der Waals surface area (Å²) in [6.45, 7) is 2.21. The van der Waals surface area contributed by atoms with Crippen LogP contribution in [-0.4, -0.2) is 11.2 Å². The maximum atomic E-state index is 9.31. The van der Waals surface area contributed by atoms with Crippen LogP contribution < -0.4 is 0 Å². The first-order valence-corrected chi connectivity index (χ1v) is 6.15. The van der Waals surface area contributed by atoms with Gasteiger partial charge >= 0.3 is 0 Å². The Kier molecular flexibility index (Phi) is 10.4. The minimum Gasteiger partial charge on any atom is -0.389 e. The zero-order valence-corrected chi connectivity index (χ0v) is 10.4. The number of aliphatic hydroxyl groups excluding tert-OH is 1. The molecule has 0 saturated heterocycles. The first kappa shape index (κ1) is 13.2. The van der Waals surface area contributed by atoms with Crippen LogP contribution in [-0.2, 0) is 0 Å². The van der Waals surface area contributed by atoms with Crippen LogP contribution in [0.15, 0.2) is 22.3 Å². The van der Waals surface area contributed by atoms with E-state index in [-0.39, 0.29) is 6.10 Å². The highest BCUT2D eigenvalue weighted by atomic mass is 127. The van der Waals surface area contributed by atoms with Crippen molar-refractivity contribution in [2.24, 2.45) is 0 Å². The summed E-state index contributed by atoms with van der Waals surface area (Å²) in [5.41, 5.74) is 0. The molecular formula is C11H19IO. The second-order valence-corrected chi connectivity index (χ2v) is 3.81. The standard InChI is InChI=1S/C11H19IO/c1-2-3-4-5-6-7-8-11(13)9-10-12/h6-7,9-11,13H,2-5,8H2,1H3/b7-6-,10-9+/t11-/m1/s1. The highest BCUT2D eigenvalue weighted by Crippen LogP contribution is 2.02. The topological polar surface area (TPSA) is 20.2 Å². The predicted octanol–water partition coefficient (Wildman–Crippen LogP) is 3.82. The summed E-state index contributed by atoms with van der Waals surface area (Å²) < 4.78 is 1.85. The van der Waals surface area contributed by atoms with Crippen molar-refractivity contribution in [1.29, 1.82) is 0 Å². The van der Waals surface area contributed by atoms with Gasteiger partial charge in [-0.2, -0.15) is 0 Å². The number of unbranched alkanes of at least 4 members (excludes halogenated alkanes) is 3. The molecule has 0 aliphatic carbocycles. The summed E-state index contributed by atoms with van der Waals surface area (Å²) in [7, 11) is 0. The maximum absolute atomic E-state index is 9.31. The van der Waals surface area contributed by atoms with Crippen molar-refractivity contribution < 1.29 is 5.11 Å². The molecule has 0 aromatic carbocycles. The van der Waals surface area contributed by atoms with Crippen molar-refractivity contribution in [1.82, 2.24) is 0 Å². The number of rotatable bonds is 7. The Balaban J connectivity index is 3.30. The lowest BCUT2D eigenvalue weighted by Crippen LogP contribution is -1.98.